The largest absolute Gasteiger partial charge is 0.488 e. The summed E-state index contributed by atoms with van der Waals surface area (Å²) in [4.78, 5) is 25.6. The van der Waals surface area contributed by atoms with Crippen LogP contribution >= 0.6 is 0 Å². The molecular weight excluding hydrogens is 332 g/mol. The number of ether oxygens (including phenoxy) is 1. The van der Waals surface area contributed by atoms with Gasteiger partial charge in [0.25, 0.3) is 0 Å². The van der Waals surface area contributed by atoms with Crippen LogP contribution in [0.4, 0.5) is 0 Å². The van der Waals surface area contributed by atoms with Crippen molar-refractivity contribution in [2.45, 2.75) is 32.3 Å². The molecule has 1 aliphatic heterocycles. The second kappa shape index (κ2) is 7.87. The third-order valence-electron chi connectivity index (χ3n) is 4.38. The van der Waals surface area contributed by atoms with Crippen LogP contribution in [0.5, 0.6) is 5.75 Å². The Labute approximate surface area is 151 Å². The lowest BCUT2D eigenvalue weighted by molar-refractivity contribution is -0.130. The van der Waals surface area contributed by atoms with Gasteiger partial charge < -0.3 is 14.1 Å². The van der Waals surface area contributed by atoms with Gasteiger partial charge in [0, 0.05) is 25.5 Å². The third kappa shape index (κ3) is 4.51. The van der Waals surface area contributed by atoms with Crippen LogP contribution in [0.1, 0.15) is 29.7 Å². The molecule has 0 bridgehead atoms. The van der Waals surface area contributed by atoms with E-state index in [2.05, 4.69) is 6.07 Å². The van der Waals surface area contributed by atoms with E-state index in [1.807, 2.05) is 12.1 Å². The van der Waals surface area contributed by atoms with Crippen molar-refractivity contribution in [3.63, 3.8) is 0 Å². The number of nitrogens with zero attached hydrogens (tertiary/aromatic N) is 2. The molecule has 1 saturated heterocycles. The summed E-state index contributed by atoms with van der Waals surface area (Å²) in [5.74, 6) is 1.07. The van der Waals surface area contributed by atoms with Crippen molar-refractivity contribution in [1.82, 2.24) is 4.90 Å². The van der Waals surface area contributed by atoms with Crippen molar-refractivity contribution in [3.8, 4) is 11.8 Å². The van der Waals surface area contributed by atoms with Crippen LogP contribution in [-0.2, 0) is 11.2 Å². The molecule has 0 spiro atoms. The fourth-order valence-electron chi connectivity index (χ4n) is 3.04. The highest BCUT2D eigenvalue weighted by Crippen LogP contribution is 2.19. The van der Waals surface area contributed by atoms with E-state index < -0.39 is 5.63 Å². The molecule has 2 aromatic rings. The van der Waals surface area contributed by atoms with Crippen molar-refractivity contribution in [3.05, 3.63) is 63.7 Å². The first kappa shape index (κ1) is 17.7. The van der Waals surface area contributed by atoms with E-state index in [1.165, 1.54) is 6.07 Å². The van der Waals surface area contributed by atoms with Crippen molar-refractivity contribution >= 4 is 5.91 Å². The number of rotatable bonds is 5. The fraction of sp³-hybridized carbons (Fsp3) is 0.350. The maximum atomic E-state index is 12.4. The van der Waals surface area contributed by atoms with E-state index >= 15 is 0 Å². The molecule has 1 aliphatic rings. The molecule has 1 aromatic carbocycles. The highest BCUT2D eigenvalue weighted by Gasteiger charge is 2.27. The molecule has 6 nitrogen and oxygen atoms in total. The summed E-state index contributed by atoms with van der Waals surface area (Å²) >= 11 is 0. The van der Waals surface area contributed by atoms with Gasteiger partial charge in [-0.05, 0) is 31.0 Å². The van der Waals surface area contributed by atoms with Crippen LogP contribution in [0.2, 0.25) is 0 Å². The molecule has 1 atom stereocenters. The number of nitriles is 1. The minimum Gasteiger partial charge on any atom is -0.488 e. The van der Waals surface area contributed by atoms with Gasteiger partial charge in [-0.1, -0.05) is 12.1 Å². The summed E-state index contributed by atoms with van der Waals surface area (Å²) in [6, 6.07) is 12.4. The fourth-order valence-corrected chi connectivity index (χ4v) is 3.04. The van der Waals surface area contributed by atoms with Gasteiger partial charge in [0.1, 0.15) is 17.6 Å². The Morgan fingerprint density at radius 2 is 2.12 bits per heavy atom. The van der Waals surface area contributed by atoms with Crippen molar-refractivity contribution in [2.75, 3.05) is 13.1 Å². The molecule has 0 aliphatic carbocycles. The molecule has 1 amide bonds. The summed E-state index contributed by atoms with van der Waals surface area (Å²) in [6.45, 7) is 2.87. The average molecular weight is 352 g/mol. The predicted molar refractivity (Wildman–Crippen MR) is 94.8 cm³/mol. The Morgan fingerprint density at radius 3 is 2.81 bits per heavy atom. The number of hydrogen-bond acceptors (Lipinski definition) is 5. The highest BCUT2D eigenvalue weighted by atomic mass is 16.5. The maximum Gasteiger partial charge on any atom is 0.339 e. The second-order valence-corrected chi connectivity index (χ2v) is 6.40. The zero-order valence-corrected chi connectivity index (χ0v) is 14.6. The Balaban J connectivity index is 1.50. The Bertz CT molecular complexity index is 880. The summed E-state index contributed by atoms with van der Waals surface area (Å²) in [5, 5.41) is 8.81. The van der Waals surface area contributed by atoms with Crippen LogP contribution in [0.15, 0.2) is 45.6 Å². The first-order chi connectivity index (χ1) is 12.5. The van der Waals surface area contributed by atoms with Gasteiger partial charge in [-0.2, -0.15) is 5.26 Å². The lowest BCUT2D eigenvalue weighted by atomic mass is 10.1. The van der Waals surface area contributed by atoms with Gasteiger partial charge in [-0.15, -0.1) is 0 Å². The van der Waals surface area contributed by atoms with Crippen LogP contribution in [-0.4, -0.2) is 30.0 Å². The SMILES string of the molecule is Cc1cc(OC2CCN(C(=O)CCc3ccc(C#N)cc3)C2)cc(=O)o1. The van der Waals surface area contributed by atoms with Crippen molar-refractivity contribution < 1.29 is 13.9 Å². The third-order valence-corrected chi connectivity index (χ3v) is 4.38. The van der Waals surface area contributed by atoms with Crippen LogP contribution in [0.3, 0.4) is 0 Å². The maximum absolute atomic E-state index is 12.4. The standard InChI is InChI=1S/C20H20N2O4/c1-14-10-18(11-20(24)25-14)26-17-8-9-22(13-17)19(23)7-6-15-2-4-16(12-21)5-3-15/h2-5,10-11,17H,6-9,13H2,1H3. The average Bonchev–Trinajstić information content (AvgIpc) is 3.07. The smallest absolute Gasteiger partial charge is 0.339 e. The first-order valence-electron chi connectivity index (χ1n) is 8.59. The molecule has 0 saturated carbocycles. The zero-order valence-electron chi connectivity index (χ0n) is 14.6. The molecular formula is C20H20N2O4. The quantitative estimate of drug-likeness (QED) is 0.825. The van der Waals surface area contributed by atoms with Gasteiger partial charge in [-0.25, -0.2) is 4.79 Å². The highest BCUT2D eigenvalue weighted by molar-refractivity contribution is 5.76. The van der Waals surface area contributed by atoms with E-state index in [9.17, 15) is 9.59 Å². The number of likely N-dealkylation sites (tertiary alicyclic amines) is 1. The van der Waals surface area contributed by atoms with E-state index in [-0.39, 0.29) is 12.0 Å². The molecule has 1 fully saturated rings. The van der Waals surface area contributed by atoms with E-state index in [0.717, 1.165) is 12.0 Å². The van der Waals surface area contributed by atoms with Gasteiger partial charge in [0.15, 0.2) is 0 Å². The minimum atomic E-state index is -0.437. The monoisotopic (exact) mass is 352 g/mol. The molecule has 134 valence electrons. The van der Waals surface area contributed by atoms with Crippen LogP contribution in [0.25, 0.3) is 0 Å². The minimum absolute atomic E-state index is 0.0872. The Kier molecular flexibility index (Phi) is 5.37. The molecule has 2 heterocycles. The summed E-state index contributed by atoms with van der Waals surface area (Å²) in [7, 11) is 0. The van der Waals surface area contributed by atoms with Gasteiger partial charge in [0.05, 0.1) is 24.2 Å². The number of amides is 1. The summed E-state index contributed by atoms with van der Waals surface area (Å²) in [6.07, 6.45) is 1.69. The summed E-state index contributed by atoms with van der Waals surface area (Å²) in [5.41, 5.74) is 1.22. The van der Waals surface area contributed by atoms with Gasteiger partial charge in [-0.3, -0.25) is 4.79 Å². The lowest BCUT2D eigenvalue weighted by Gasteiger charge is -2.17. The number of hydrogen-bond donors (Lipinski definition) is 0. The van der Waals surface area contributed by atoms with Gasteiger partial charge >= 0.3 is 5.63 Å². The van der Waals surface area contributed by atoms with Crippen molar-refractivity contribution in [1.29, 1.82) is 5.26 Å². The predicted octanol–water partition coefficient (Wildman–Crippen LogP) is 2.43. The lowest BCUT2D eigenvalue weighted by Crippen LogP contribution is -2.31. The number of aryl methyl sites for hydroxylation is 2. The summed E-state index contributed by atoms with van der Waals surface area (Å²) < 4.78 is 10.7. The van der Waals surface area contributed by atoms with Crippen LogP contribution < -0.4 is 10.4 Å². The van der Waals surface area contributed by atoms with Crippen molar-refractivity contribution in [2.24, 2.45) is 0 Å². The Hall–Kier alpha value is -3.07. The molecule has 0 N–H and O–H groups in total. The molecule has 1 unspecified atom stereocenters. The van der Waals surface area contributed by atoms with E-state index in [4.69, 9.17) is 14.4 Å². The van der Waals surface area contributed by atoms with Gasteiger partial charge in [0.2, 0.25) is 5.91 Å². The molecule has 26 heavy (non-hydrogen) atoms. The van der Waals surface area contributed by atoms with E-state index in [1.54, 1.807) is 30.0 Å². The normalized spacial score (nSPS) is 16.3. The Morgan fingerprint density at radius 1 is 1.35 bits per heavy atom. The molecule has 0 radical (unpaired) electrons. The number of benzene rings is 1. The zero-order chi connectivity index (χ0) is 18.5. The molecule has 1 aromatic heterocycles. The number of carbonyl (C=O) groups is 1. The second-order valence-electron chi connectivity index (χ2n) is 6.40. The molecule has 6 heteroatoms. The first-order valence-corrected chi connectivity index (χ1v) is 8.59. The number of carbonyl (C=O) groups excluding carboxylic acids is 1. The van der Waals surface area contributed by atoms with E-state index in [0.29, 0.717) is 43.0 Å². The topological polar surface area (TPSA) is 83.5 Å². The molecule has 3 rings (SSSR count). The van der Waals surface area contributed by atoms with Crippen LogP contribution in [0, 0.1) is 18.3 Å².